The lowest BCUT2D eigenvalue weighted by Gasteiger charge is -2.10. The number of carbonyl (C=O) groups is 1. The van der Waals surface area contributed by atoms with E-state index in [1.807, 2.05) is 13.0 Å². The molecule has 6 heteroatoms. The SMILES string of the molecule is COCCCOCCOCC(=O)Nc1cc(N)ccc1C. The minimum Gasteiger partial charge on any atom is -0.399 e. The molecule has 0 radical (unpaired) electrons. The molecular formula is C15H24N2O4. The van der Waals surface area contributed by atoms with E-state index in [-0.39, 0.29) is 12.5 Å². The summed E-state index contributed by atoms with van der Waals surface area (Å²) in [5.41, 5.74) is 7.96. The Bertz CT molecular complexity index is 438. The minimum atomic E-state index is -0.205. The summed E-state index contributed by atoms with van der Waals surface area (Å²) in [5.74, 6) is -0.205. The van der Waals surface area contributed by atoms with Crippen molar-refractivity contribution < 1.29 is 19.0 Å². The molecule has 21 heavy (non-hydrogen) atoms. The van der Waals surface area contributed by atoms with Crippen molar-refractivity contribution in [3.63, 3.8) is 0 Å². The van der Waals surface area contributed by atoms with Crippen LogP contribution < -0.4 is 11.1 Å². The van der Waals surface area contributed by atoms with Crippen molar-refractivity contribution in [2.24, 2.45) is 0 Å². The van der Waals surface area contributed by atoms with Gasteiger partial charge in [-0.2, -0.15) is 0 Å². The molecule has 0 fully saturated rings. The van der Waals surface area contributed by atoms with Gasteiger partial charge in [0.1, 0.15) is 6.61 Å². The van der Waals surface area contributed by atoms with Crippen molar-refractivity contribution in [1.29, 1.82) is 0 Å². The number of methoxy groups -OCH3 is 1. The molecule has 0 atom stereocenters. The van der Waals surface area contributed by atoms with Gasteiger partial charge in [0.15, 0.2) is 0 Å². The van der Waals surface area contributed by atoms with E-state index in [0.29, 0.717) is 37.8 Å². The standard InChI is InChI=1S/C15H24N2O4/c1-12-4-5-13(16)10-14(12)17-15(18)11-21-9-8-20-7-3-6-19-2/h4-5,10H,3,6-9,11,16H2,1-2H3,(H,17,18). The van der Waals surface area contributed by atoms with E-state index in [9.17, 15) is 4.79 Å². The Hall–Kier alpha value is -1.63. The molecule has 0 spiro atoms. The summed E-state index contributed by atoms with van der Waals surface area (Å²) >= 11 is 0. The first-order valence-corrected chi connectivity index (χ1v) is 6.94. The van der Waals surface area contributed by atoms with E-state index in [1.165, 1.54) is 0 Å². The average Bonchev–Trinajstić information content (AvgIpc) is 2.46. The maximum absolute atomic E-state index is 11.7. The molecule has 1 aromatic rings. The maximum atomic E-state index is 11.7. The van der Waals surface area contributed by atoms with E-state index in [1.54, 1.807) is 19.2 Å². The second-order valence-electron chi connectivity index (χ2n) is 4.63. The van der Waals surface area contributed by atoms with Crippen LogP contribution in [0.25, 0.3) is 0 Å². The van der Waals surface area contributed by atoms with Crippen LogP contribution in [0.5, 0.6) is 0 Å². The second-order valence-corrected chi connectivity index (χ2v) is 4.63. The first-order valence-electron chi connectivity index (χ1n) is 6.94. The fourth-order valence-electron chi connectivity index (χ4n) is 1.65. The Balaban J connectivity index is 2.13. The summed E-state index contributed by atoms with van der Waals surface area (Å²) in [7, 11) is 1.66. The van der Waals surface area contributed by atoms with Crippen LogP contribution in [0, 0.1) is 6.92 Å². The highest BCUT2D eigenvalue weighted by Gasteiger charge is 2.05. The summed E-state index contributed by atoms with van der Waals surface area (Å²) < 4.78 is 15.5. The number of aryl methyl sites for hydroxylation is 1. The van der Waals surface area contributed by atoms with Gasteiger partial charge < -0.3 is 25.3 Å². The molecule has 1 aromatic carbocycles. The largest absolute Gasteiger partial charge is 0.399 e. The number of ether oxygens (including phenoxy) is 3. The molecule has 0 aromatic heterocycles. The molecule has 0 bridgehead atoms. The van der Waals surface area contributed by atoms with Crippen LogP contribution in [0.1, 0.15) is 12.0 Å². The third-order valence-electron chi connectivity index (χ3n) is 2.78. The lowest BCUT2D eigenvalue weighted by molar-refractivity contribution is -0.121. The minimum absolute atomic E-state index is 0.00430. The number of amides is 1. The van der Waals surface area contributed by atoms with Crippen molar-refractivity contribution in [3.8, 4) is 0 Å². The highest BCUT2D eigenvalue weighted by atomic mass is 16.5. The van der Waals surface area contributed by atoms with Crippen LogP contribution in [0.15, 0.2) is 18.2 Å². The van der Waals surface area contributed by atoms with Gasteiger partial charge in [-0.3, -0.25) is 4.79 Å². The molecule has 118 valence electrons. The third-order valence-corrected chi connectivity index (χ3v) is 2.78. The molecule has 0 aliphatic rings. The highest BCUT2D eigenvalue weighted by Crippen LogP contribution is 2.17. The second kappa shape index (κ2) is 10.1. The smallest absolute Gasteiger partial charge is 0.250 e. The Labute approximate surface area is 125 Å². The Morgan fingerprint density at radius 1 is 1.19 bits per heavy atom. The predicted octanol–water partition coefficient (Wildman–Crippen LogP) is 1.59. The number of nitrogens with two attached hydrogens (primary N) is 1. The molecular weight excluding hydrogens is 272 g/mol. The van der Waals surface area contributed by atoms with Crippen molar-refractivity contribution in [2.45, 2.75) is 13.3 Å². The zero-order valence-electron chi connectivity index (χ0n) is 12.7. The molecule has 6 nitrogen and oxygen atoms in total. The normalized spacial score (nSPS) is 10.6. The van der Waals surface area contributed by atoms with E-state index >= 15 is 0 Å². The van der Waals surface area contributed by atoms with Crippen LogP contribution >= 0.6 is 0 Å². The number of rotatable bonds is 10. The monoisotopic (exact) mass is 296 g/mol. The van der Waals surface area contributed by atoms with Gasteiger partial charge in [-0.15, -0.1) is 0 Å². The highest BCUT2D eigenvalue weighted by molar-refractivity contribution is 5.92. The Morgan fingerprint density at radius 2 is 1.95 bits per heavy atom. The zero-order chi connectivity index (χ0) is 15.5. The fraction of sp³-hybridized carbons (Fsp3) is 0.533. The fourth-order valence-corrected chi connectivity index (χ4v) is 1.65. The molecule has 1 rings (SSSR count). The van der Waals surface area contributed by atoms with Gasteiger partial charge in [0.2, 0.25) is 5.91 Å². The van der Waals surface area contributed by atoms with Gasteiger partial charge in [-0.25, -0.2) is 0 Å². The number of nitrogen functional groups attached to an aromatic ring is 1. The van der Waals surface area contributed by atoms with Crippen LogP contribution in [-0.2, 0) is 19.0 Å². The molecule has 1 amide bonds. The average molecular weight is 296 g/mol. The topological polar surface area (TPSA) is 82.8 Å². The van der Waals surface area contributed by atoms with Crippen molar-refractivity contribution >= 4 is 17.3 Å². The quantitative estimate of drug-likeness (QED) is 0.506. The van der Waals surface area contributed by atoms with Gasteiger partial charge in [-0.05, 0) is 31.0 Å². The zero-order valence-corrected chi connectivity index (χ0v) is 12.7. The molecule has 3 N–H and O–H groups in total. The van der Waals surface area contributed by atoms with E-state index < -0.39 is 0 Å². The predicted molar refractivity (Wildman–Crippen MR) is 82.4 cm³/mol. The first-order chi connectivity index (χ1) is 10.1. The van der Waals surface area contributed by atoms with Crippen LogP contribution in [0.4, 0.5) is 11.4 Å². The summed E-state index contributed by atoms with van der Waals surface area (Å²) in [5, 5.41) is 2.77. The number of carbonyl (C=O) groups excluding carboxylic acids is 1. The molecule has 0 saturated heterocycles. The number of nitrogens with one attached hydrogen (secondary N) is 1. The molecule has 0 heterocycles. The van der Waals surface area contributed by atoms with Gasteiger partial charge in [0, 0.05) is 31.7 Å². The molecule has 0 aliphatic carbocycles. The lowest BCUT2D eigenvalue weighted by atomic mass is 10.2. The lowest BCUT2D eigenvalue weighted by Crippen LogP contribution is -2.20. The third kappa shape index (κ3) is 7.65. The molecule has 0 unspecified atom stereocenters. The van der Waals surface area contributed by atoms with Gasteiger partial charge in [0.05, 0.1) is 13.2 Å². The van der Waals surface area contributed by atoms with Gasteiger partial charge >= 0.3 is 0 Å². The Morgan fingerprint density at radius 3 is 2.71 bits per heavy atom. The van der Waals surface area contributed by atoms with Crippen LogP contribution in [0.2, 0.25) is 0 Å². The Kier molecular flexibility index (Phi) is 8.42. The van der Waals surface area contributed by atoms with Crippen molar-refractivity contribution in [2.75, 3.05) is 51.2 Å². The molecule has 0 aliphatic heterocycles. The number of hydrogen-bond acceptors (Lipinski definition) is 5. The van der Waals surface area contributed by atoms with Gasteiger partial charge in [-0.1, -0.05) is 6.07 Å². The van der Waals surface area contributed by atoms with E-state index in [4.69, 9.17) is 19.9 Å². The van der Waals surface area contributed by atoms with Crippen LogP contribution in [-0.4, -0.2) is 46.1 Å². The maximum Gasteiger partial charge on any atom is 0.250 e. The summed E-state index contributed by atoms with van der Waals surface area (Å²) in [4.78, 5) is 11.7. The number of anilines is 2. The number of hydrogen-bond donors (Lipinski definition) is 2. The first kappa shape index (κ1) is 17.4. The van der Waals surface area contributed by atoms with E-state index in [2.05, 4.69) is 5.32 Å². The van der Waals surface area contributed by atoms with Gasteiger partial charge in [0.25, 0.3) is 0 Å². The number of benzene rings is 1. The summed E-state index contributed by atoms with van der Waals surface area (Å²) in [6, 6.07) is 5.38. The summed E-state index contributed by atoms with van der Waals surface area (Å²) in [6.07, 6.45) is 0.853. The van der Waals surface area contributed by atoms with E-state index in [0.717, 1.165) is 12.0 Å². The molecule has 0 saturated carbocycles. The summed E-state index contributed by atoms with van der Waals surface area (Å²) in [6.45, 7) is 4.07. The van der Waals surface area contributed by atoms with Crippen molar-refractivity contribution in [1.82, 2.24) is 0 Å². The van der Waals surface area contributed by atoms with Crippen molar-refractivity contribution in [3.05, 3.63) is 23.8 Å². The van der Waals surface area contributed by atoms with Crippen LogP contribution in [0.3, 0.4) is 0 Å².